The summed E-state index contributed by atoms with van der Waals surface area (Å²) in [5.41, 5.74) is 1.37. The lowest BCUT2D eigenvalue weighted by Crippen LogP contribution is -2.48. The third kappa shape index (κ3) is 10.4. The first-order valence-electron chi connectivity index (χ1n) is 15.5. The molecule has 0 spiro atoms. The molecule has 1 fully saturated rings. The molecule has 0 saturated carbocycles. The fraction of sp³-hybridized carbons (Fsp3) is 0.656. The number of nitrogens with zero attached hydrogens (tertiary/aromatic N) is 2. The Bertz CT molecular complexity index is 1410. The van der Waals surface area contributed by atoms with E-state index in [1.807, 2.05) is 0 Å². The van der Waals surface area contributed by atoms with Crippen LogP contribution >= 0.6 is 11.8 Å². The van der Waals surface area contributed by atoms with Crippen LogP contribution in [0.4, 0.5) is 0 Å². The average Bonchev–Trinajstić information content (AvgIpc) is 3.38. The number of thioether (sulfide) groups is 1. The van der Waals surface area contributed by atoms with Gasteiger partial charge >= 0.3 is 5.97 Å². The van der Waals surface area contributed by atoms with Crippen LogP contribution in [0.25, 0.3) is 0 Å². The van der Waals surface area contributed by atoms with Crippen molar-refractivity contribution in [3.8, 4) is 5.75 Å². The molecule has 0 unspecified atom stereocenters. The third-order valence-electron chi connectivity index (χ3n) is 8.04. The number of rotatable bonds is 11. The lowest BCUT2D eigenvalue weighted by atomic mass is 9.79. The number of phenolic OH excluding ortho intramolecular Hbond substituents is 1. The summed E-state index contributed by atoms with van der Waals surface area (Å²) in [5.74, 6) is -0.800. The number of hydrogen-bond acceptors (Lipinski definition) is 11. The zero-order chi connectivity index (χ0) is 36.1. The molecule has 0 aliphatic carbocycles. The molecule has 0 amide bonds. The van der Waals surface area contributed by atoms with E-state index in [1.165, 1.54) is 28.1 Å². The molecule has 13 nitrogen and oxygen atoms in total. The average molecular weight is 704 g/mol. The molecule has 0 radical (unpaired) electrons. The van der Waals surface area contributed by atoms with Crippen molar-refractivity contribution in [2.45, 2.75) is 105 Å². The highest BCUT2D eigenvalue weighted by Gasteiger charge is 2.34. The molecule has 3 rings (SSSR count). The van der Waals surface area contributed by atoms with Gasteiger partial charge in [0.25, 0.3) is 10.0 Å². The van der Waals surface area contributed by atoms with Crippen molar-refractivity contribution < 1.29 is 49.0 Å². The topological polar surface area (TPSA) is 213 Å². The number of piperidine rings is 1. The fourth-order valence-electron chi connectivity index (χ4n) is 5.19. The number of aromatic hydroxyl groups is 1. The van der Waals surface area contributed by atoms with E-state index in [4.69, 9.17) is 20.4 Å². The minimum Gasteiger partial charge on any atom is -0.507 e. The van der Waals surface area contributed by atoms with Gasteiger partial charge in [0.15, 0.2) is 5.03 Å². The normalized spacial score (nSPS) is 17.8. The maximum Gasteiger partial charge on any atom is 0.352 e. The number of phenols is 1. The van der Waals surface area contributed by atoms with Crippen molar-refractivity contribution in [3.63, 3.8) is 0 Å². The van der Waals surface area contributed by atoms with Crippen molar-refractivity contribution in [1.82, 2.24) is 14.2 Å². The van der Waals surface area contributed by atoms with Gasteiger partial charge in [0.1, 0.15) is 29.8 Å². The predicted octanol–water partition coefficient (Wildman–Crippen LogP) is 1.61. The first-order valence-corrected chi connectivity index (χ1v) is 17.8. The molecule has 0 bridgehead atoms. The molecule has 1 aliphatic rings. The van der Waals surface area contributed by atoms with Gasteiger partial charge in [-0.3, -0.25) is 0 Å². The Labute approximate surface area is 282 Å². The number of carboxylic acid groups (broad SMARTS) is 1. The molecular formula is C32H53N3O10S2. The molecule has 268 valence electrons. The second kappa shape index (κ2) is 16.5. The summed E-state index contributed by atoms with van der Waals surface area (Å²) in [6.07, 6.45) is -4.27. The number of carbonyl (C=O) groups is 1. The molecule has 1 aliphatic heterocycles. The van der Waals surface area contributed by atoms with E-state index in [1.54, 1.807) is 18.8 Å². The highest BCUT2D eigenvalue weighted by atomic mass is 32.2. The quantitative estimate of drug-likeness (QED) is 0.168. The van der Waals surface area contributed by atoms with Gasteiger partial charge in [-0.25, -0.2) is 13.2 Å². The Morgan fingerprint density at radius 3 is 1.85 bits per heavy atom. The summed E-state index contributed by atoms with van der Waals surface area (Å²) in [6.45, 7) is 12.7. The van der Waals surface area contributed by atoms with E-state index in [0.29, 0.717) is 31.7 Å². The number of carboxylic acids is 1. The number of sulfonamides is 1. The van der Waals surface area contributed by atoms with Crippen LogP contribution < -0.4 is 5.32 Å². The van der Waals surface area contributed by atoms with Crippen LogP contribution in [-0.2, 0) is 27.9 Å². The van der Waals surface area contributed by atoms with Crippen LogP contribution in [0.5, 0.6) is 5.75 Å². The monoisotopic (exact) mass is 703 g/mol. The van der Waals surface area contributed by atoms with Gasteiger partial charge in [-0.2, -0.15) is 4.31 Å². The number of aliphatic hydroxyl groups excluding tert-OH is 5. The molecule has 8 N–H and O–H groups in total. The Morgan fingerprint density at radius 2 is 1.45 bits per heavy atom. The number of hydrogen-bond donors (Lipinski definition) is 8. The number of likely N-dealkylation sites (N-methyl/N-ethyl adjacent to an activating group) is 1. The van der Waals surface area contributed by atoms with E-state index < -0.39 is 47.0 Å². The number of nitrogens with one attached hydrogen (secondary N) is 1. The summed E-state index contributed by atoms with van der Waals surface area (Å²) in [5, 5.41) is 67.9. The number of aromatic nitrogens is 1. The van der Waals surface area contributed by atoms with Crippen molar-refractivity contribution in [2.24, 2.45) is 7.05 Å². The minimum atomic E-state index is -3.77. The van der Waals surface area contributed by atoms with Gasteiger partial charge in [-0.05, 0) is 55.0 Å². The first-order chi connectivity index (χ1) is 21.6. The smallest absolute Gasteiger partial charge is 0.352 e. The van der Waals surface area contributed by atoms with E-state index in [9.17, 15) is 28.5 Å². The Morgan fingerprint density at radius 1 is 0.957 bits per heavy atom. The second-order valence-electron chi connectivity index (χ2n) is 13.9. The molecule has 2 aromatic rings. The molecule has 2 heterocycles. The minimum absolute atomic E-state index is 0.000763. The summed E-state index contributed by atoms with van der Waals surface area (Å²) in [4.78, 5) is 12.4. The highest BCUT2D eigenvalue weighted by Crippen LogP contribution is 2.43. The highest BCUT2D eigenvalue weighted by molar-refractivity contribution is 8.00. The van der Waals surface area contributed by atoms with E-state index in [0.717, 1.165) is 16.0 Å². The van der Waals surface area contributed by atoms with Crippen molar-refractivity contribution in [1.29, 1.82) is 0 Å². The zero-order valence-electron chi connectivity index (χ0n) is 28.5. The van der Waals surface area contributed by atoms with Crippen LogP contribution in [0.15, 0.2) is 34.2 Å². The van der Waals surface area contributed by atoms with Gasteiger partial charge in [0.05, 0.1) is 12.7 Å². The second-order valence-corrected chi connectivity index (χ2v) is 17.1. The fourth-order valence-corrected chi connectivity index (χ4v) is 8.04. The van der Waals surface area contributed by atoms with Crippen LogP contribution in [0.1, 0.15) is 76.0 Å². The zero-order valence-corrected chi connectivity index (χ0v) is 30.1. The molecule has 1 aromatic heterocycles. The largest absolute Gasteiger partial charge is 0.507 e. The summed E-state index contributed by atoms with van der Waals surface area (Å²) in [6, 6.07) is 6.81. The van der Waals surface area contributed by atoms with E-state index >= 15 is 0 Å². The summed E-state index contributed by atoms with van der Waals surface area (Å²) >= 11 is 1.74. The third-order valence-corrected chi connectivity index (χ3v) is 11.3. The maximum atomic E-state index is 13.1. The van der Waals surface area contributed by atoms with Gasteiger partial charge in [-0.1, -0.05) is 41.5 Å². The number of aromatic carboxylic acids is 1. The van der Waals surface area contributed by atoms with E-state index in [2.05, 4.69) is 59.0 Å². The van der Waals surface area contributed by atoms with Crippen LogP contribution in [0.3, 0.4) is 0 Å². The van der Waals surface area contributed by atoms with Crippen molar-refractivity contribution in [3.05, 3.63) is 41.1 Å². The van der Waals surface area contributed by atoms with E-state index in [-0.39, 0.29) is 33.3 Å². The van der Waals surface area contributed by atoms with Gasteiger partial charge < -0.3 is 45.6 Å². The summed E-state index contributed by atoms with van der Waals surface area (Å²) in [7, 11) is -0.733. The van der Waals surface area contributed by atoms with Crippen molar-refractivity contribution in [2.75, 3.05) is 33.3 Å². The molecule has 15 heteroatoms. The lowest BCUT2D eigenvalue weighted by molar-refractivity contribution is -0.113. The van der Waals surface area contributed by atoms with Gasteiger partial charge in [0.2, 0.25) is 0 Å². The molecular weight excluding hydrogens is 650 g/mol. The Hall–Kier alpha value is -2.21. The lowest BCUT2D eigenvalue weighted by Gasteiger charge is -2.32. The molecule has 4 atom stereocenters. The van der Waals surface area contributed by atoms with Gasteiger partial charge in [0, 0.05) is 48.0 Å². The predicted molar refractivity (Wildman–Crippen MR) is 181 cm³/mol. The van der Waals surface area contributed by atoms with Crippen molar-refractivity contribution >= 4 is 27.8 Å². The Kier molecular flexibility index (Phi) is 14.3. The molecule has 1 aromatic carbocycles. The molecule has 47 heavy (non-hydrogen) atoms. The SMILES string of the molecule is CNC[C@H](O)[C@@H](O)[C@H](O)[C@H](O)CO.Cn1c(C(=O)O)ccc1S(=O)(=O)N1CCC(Sc2cc(C(C)(C)C)c(O)c(C(C)(C)C)c2)CC1. The number of benzene rings is 1. The van der Waals surface area contributed by atoms with Crippen LogP contribution in [0, 0.1) is 0 Å². The molecule has 1 saturated heterocycles. The first kappa shape index (κ1) is 41.0. The maximum absolute atomic E-state index is 13.1. The Balaban J connectivity index is 0.000000500. The van der Waals surface area contributed by atoms with Gasteiger partial charge in [-0.15, -0.1) is 11.8 Å². The standard InChI is InChI=1S/C25H36N2O5S2.C7H17NO5/c1-24(2,3)18-14-17(15-19(22(18)28)25(4,5)6)33-16-10-12-27(13-11-16)34(31,32)21-9-8-20(23(29)30)26(21)7;1-8-2-4(10)6(12)7(13)5(11)3-9/h8-9,14-16,28H,10-13H2,1-7H3,(H,29,30);4-13H,2-3H2,1H3/t;4-,5+,6+,7+/m.0/s1. The number of aliphatic hydroxyl groups is 5. The van der Waals surface area contributed by atoms with Crippen LogP contribution in [0.2, 0.25) is 0 Å². The van der Waals surface area contributed by atoms with Crippen LogP contribution in [-0.4, -0.2) is 122 Å². The summed E-state index contributed by atoms with van der Waals surface area (Å²) < 4.78 is 28.9.